The first-order chi connectivity index (χ1) is 19.0. The predicted octanol–water partition coefficient (Wildman–Crippen LogP) is 2.88. The second kappa shape index (κ2) is 14.5. The van der Waals surface area contributed by atoms with Crippen molar-refractivity contribution < 1.29 is 33.4 Å². The average Bonchev–Trinajstić information content (AvgIpc) is 3.54. The van der Waals surface area contributed by atoms with E-state index in [1.54, 1.807) is 31.2 Å². The summed E-state index contributed by atoms with van der Waals surface area (Å²) in [5.41, 5.74) is 0.733. The second-order valence-corrected chi connectivity index (χ2v) is 11.6. The Morgan fingerprint density at radius 3 is 2.65 bits per heavy atom. The molecule has 40 heavy (non-hydrogen) atoms. The van der Waals surface area contributed by atoms with Crippen molar-refractivity contribution in [3.63, 3.8) is 0 Å². The average molecular weight is 574 g/mol. The number of Topliss-reactive ketones (excluding diaryl/α,β-unsaturated/α-hetero) is 1. The zero-order valence-electron chi connectivity index (χ0n) is 23.7. The molecule has 0 saturated carbocycles. The van der Waals surface area contributed by atoms with Gasteiger partial charge < -0.3 is 24.5 Å². The largest absolute Gasteiger partial charge is 0.460 e. The van der Waals surface area contributed by atoms with Crippen LogP contribution in [-0.4, -0.2) is 81.4 Å². The minimum atomic E-state index is -1.01. The van der Waals surface area contributed by atoms with Crippen molar-refractivity contribution in [1.29, 1.82) is 0 Å². The zero-order chi connectivity index (χ0) is 29.4. The first kappa shape index (κ1) is 31.3. The standard InChI is InChI=1S/C29H39N3O7S/c1-17(2)27-19(4)8-9-24(35)30-11-6-7-18(3)13-20(33)14-21(34)15-25-31-22(16-38-25)28(36)32-12-10-23(40-5)26(32)29(37)39-27/h6-9,13,16-17,19-20,23,26-27,33H,10-12,14-15H2,1-5H3,(H,30,35)/b7-6+,9-8+,18-13+. The van der Waals surface area contributed by atoms with Crippen LogP contribution in [0.2, 0.25) is 0 Å². The molecular weight excluding hydrogens is 534 g/mol. The van der Waals surface area contributed by atoms with Crippen molar-refractivity contribution in [2.24, 2.45) is 11.8 Å². The molecule has 2 aliphatic rings. The fourth-order valence-electron chi connectivity index (χ4n) is 4.91. The number of cyclic esters (lactones) is 1. The first-order valence-corrected chi connectivity index (χ1v) is 14.8. The van der Waals surface area contributed by atoms with E-state index < -0.39 is 30.1 Å². The Morgan fingerprint density at radius 2 is 1.95 bits per heavy atom. The first-order valence-electron chi connectivity index (χ1n) is 13.5. The quantitative estimate of drug-likeness (QED) is 0.511. The van der Waals surface area contributed by atoms with Crippen molar-refractivity contribution in [2.75, 3.05) is 19.3 Å². The maximum Gasteiger partial charge on any atom is 0.330 e. The summed E-state index contributed by atoms with van der Waals surface area (Å²) in [7, 11) is 0. The van der Waals surface area contributed by atoms with Gasteiger partial charge in [0.05, 0.1) is 12.5 Å². The van der Waals surface area contributed by atoms with E-state index in [-0.39, 0.29) is 59.7 Å². The smallest absolute Gasteiger partial charge is 0.330 e. The van der Waals surface area contributed by atoms with Gasteiger partial charge in [-0.3, -0.25) is 14.4 Å². The van der Waals surface area contributed by atoms with Gasteiger partial charge in [0.1, 0.15) is 24.2 Å². The second-order valence-electron chi connectivity index (χ2n) is 10.5. The Labute approximate surface area is 239 Å². The highest BCUT2D eigenvalue weighted by atomic mass is 32.2. The molecule has 0 radical (unpaired) electrons. The minimum Gasteiger partial charge on any atom is -0.460 e. The highest BCUT2D eigenvalue weighted by Gasteiger charge is 2.44. The van der Waals surface area contributed by atoms with Gasteiger partial charge in [-0.05, 0) is 31.6 Å². The number of hydrogen-bond donors (Lipinski definition) is 2. The van der Waals surface area contributed by atoms with E-state index >= 15 is 0 Å². The molecule has 2 bridgehead atoms. The number of amides is 2. The summed E-state index contributed by atoms with van der Waals surface area (Å²) in [6.07, 6.45) is 10.0. The molecule has 0 aromatic carbocycles. The number of allylic oxidation sites excluding steroid dienone is 2. The Kier molecular flexibility index (Phi) is 11.3. The fourth-order valence-corrected chi connectivity index (χ4v) is 5.77. The predicted molar refractivity (Wildman–Crippen MR) is 152 cm³/mol. The number of aliphatic hydroxyl groups excluding tert-OH is 1. The lowest BCUT2D eigenvalue weighted by Crippen LogP contribution is -2.47. The van der Waals surface area contributed by atoms with Crippen LogP contribution in [0.5, 0.6) is 0 Å². The molecule has 0 spiro atoms. The molecule has 2 aliphatic heterocycles. The normalized spacial score (nSPS) is 30.7. The summed E-state index contributed by atoms with van der Waals surface area (Å²) in [5.74, 6) is -1.81. The van der Waals surface area contributed by atoms with E-state index in [0.717, 1.165) is 5.57 Å². The zero-order valence-corrected chi connectivity index (χ0v) is 24.5. The molecule has 218 valence electrons. The Bertz CT molecular complexity index is 1170. The summed E-state index contributed by atoms with van der Waals surface area (Å²) >= 11 is 1.49. The molecule has 1 aromatic heterocycles. The number of rotatable bonds is 2. The highest BCUT2D eigenvalue weighted by molar-refractivity contribution is 7.99. The summed E-state index contributed by atoms with van der Waals surface area (Å²) in [6.45, 7) is 8.16. The highest BCUT2D eigenvalue weighted by Crippen LogP contribution is 2.31. The lowest BCUT2D eigenvalue weighted by molar-refractivity contribution is -0.157. The van der Waals surface area contributed by atoms with Crippen molar-refractivity contribution >= 4 is 35.3 Å². The third-order valence-corrected chi connectivity index (χ3v) is 8.01. The number of hydrogen-bond acceptors (Lipinski definition) is 9. The molecule has 1 fully saturated rings. The van der Waals surface area contributed by atoms with Crippen LogP contribution in [0.15, 0.2) is 46.6 Å². The van der Waals surface area contributed by atoms with Crippen LogP contribution in [-0.2, 0) is 25.5 Å². The number of carbonyl (C=O) groups is 4. The Balaban J connectivity index is 1.91. The lowest BCUT2D eigenvalue weighted by atomic mass is 9.94. The number of oxazole rings is 1. The lowest BCUT2D eigenvalue weighted by Gasteiger charge is -2.31. The van der Waals surface area contributed by atoms with Gasteiger partial charge in [-0.1, -0.05) is 50.6 Å². The third-order valence-electron chi connectivity index (χ3n) is 6.91. The van der Waals surface area contributed by atoms with Crippen LogP contribution in [0, 0.1) is 11.8 Å². The van der Waals surface area contributed by atoms with Gasteiger partial charge in [0.2, 0.25) is 11.8 Å². The van der Waals surface area contributed by atoms with E-state index in [1.165, 1.54) is 29.0 Å². The third kappa shape index (κ3) is 8.41. The number of ketones is 1. The van der Waals surface area contributed by atoms with E-state index in [4.69, 9.17) is 9.15 Å². The van der Waals surface area contributed by atoms with Crippen LogP contribution in [0.3, 0.4) is 0 Å². The van der Waals surface area contributed by atoms with Gasteiger partial charge in [-0.2, -0.15) is 11.8 Å². The molecule has 10 nitrogen and oxygen atoms in total. The van der Waals surface area contributed by atoms with Gasteiger partial charge in [0.15, 0.2) is 5.69 Å². The molecule has 3 heterocycles. The number of fused-ring (bicyclic) bond motifs is 3. The molecule has 2 amide bonds. The van der Waals surface area contributed by atoms with Crippen molar-refractivity contribution in [3.8, 4) is 0 Å². The number of nitrogens with one attached hydrogen (secondary N) is 1. The maximum atomic E-state index is 13.5. The van der Waals surface area contributed by atoms with E-state index in [0.29, 0.717) is 13.0 Å². The summed E-state index contributed by atoms with van der Waals surface area (Å²) in [6, 6.07) is -0.816. The minimum absolute atomic E-state index is 0.00453. The molecule has 2 N–H and O–H groups in total. The van der Waals surface area contributed by atoms with E-state index in [1.807, 2.05) is 27.0 Å². The fraction of sp³-hybridized carbons (Fsp3) is 0.552. The van der Waals surface area contributed by atoms with E-state index in [2.05, 4.69) is 10.3 Å². The van der Waals surface area contributed by atoms with Crippen LogP contribution in [0.25, 0.3) is 0 Å². The number of esters is 1. The molecule has 1 saturated heterocycles. The summed E-state index contributed by atoms with van der Waals surface area (Å²) in [4.78, 5) is 57.4. The van der Waals surface area contributed by atoms with Crippen LogP contribution < -0.4 is 5.32 Å². The molecule has 5 atom stereocenters. The molecular formula is C29H39N3O7S. The van der Waals surface area contributed by atoms with Crippen molar-refractivity contribution in [1.82, 2.24) is 15.2 Å². The van der Waals surface area contributed by atoms with E-state index in [9.17, 15) is 24.3 Å². The van der Waals surface area contributed by atoms with Gasteiger partial charge in [-0.15, -0.1) is 0 Å². The van der Waals surface area contributed by atoms with Crippen LogP contribution >= 0.6 is 11.8 Å². The number of aliphatic hydroxyl groups is 1. The van der Waals surface area contributed by atoms with Crippen molar-refractivity contribution in [3.05, 3.63) is 53.8 Å². The summed E-state index contributed by atoms with van der Waals surface area (Å²) < 4.78 is 11.4. The number of nitrogens with zero attached hydrogens (tertiary/aromatic N) is 2. The van der Waals surface area contributed by atoms with Crippen LogP contribution in [0.4, 0.5) is 0 Å². The number of aromatic nitrogens is 1. The molecule has 0 aliphatic carbocycles. The molecule has 1 aromatic rings. The summed E-state index contributed by atoms with van der Waals surface area (Å²) in [5, 5.41) is 12.9. The van der Waals surface area contributed by atoms with Gasteiger partial charge >= 0.3 is 5.97 Å². The number of thioether (sulfide) groups is 1. The Morgan fingerprint density at radius 1 is 1.20 bits per heavy atom. The topological polar surface area (TPSA) is 139 Å². The Hall–Kier alpha value is -3.18. The van der Waals surface area contributed by atoms with Gasteiger partial charge in [0, 0.05) is 30.7 Å². The van der Waals surface area contributed by atoms with Gasteiger partial charge in [-0.25, -0.2) is 9.78 Å². The molecule has 11 heteroatoms. The van der Waals surface area contributed by atoms with Crippen LogP contribution in [0.1, 0.15) is 56.9 Å². The monoisotopic (exact) mass is 573 g/mol. The maximum absolute atomic E-state index is 13.5. The molecule has 3 rings (SSSR count). The number of ether oxygens (including phenoxy) is 1. The number of carbonyl (C=O) groups excluding carboxylic acids is 4. The molecule has 5 unspecified atom stereocenters. The SMILES string of the molecule is CSC1CCN2C(=O)c3coc(n3)CC(=O)CC(O)/C=C(C)/C=C/CNC(=O)/C=C/C(C)C(C(C)C)OC(=O)C12. The van der Waals surface area contributed by atoms with Crippen molar-refractivity contribution in [2.45, 2.75) is 70.5 Å². The van der Waals surface area contributed by atoms with Gasteiger partial charge in [0.25, 0.3) is 5.91 Å².